The summed E-state index contributed by atoms with van der Waals surface area (Å²) in [4.78, 5) is 75.4. The van der Waals surface area contributed by atoms with Crippen LogP contribution in [0, 0.1) is 35.5 Å². The average Bonchev–Trinajstić information content (AvgIpc) is 3.00. The molecule has 4 aliphatic rings. The number of amides is 4. The highest BCUT2D eigenvalue weighted by molar-refractivity contribution is 5.95. The van der Waals surface area contributed by atoms with Gasteiger partial charge in [0.2, 0.25) is 18.2 Å². The Bertz CT molecular complexity index is 966. The van der Waals surface area contributed by atoms with Crippen LogP contribution in [0.25, 0.3) is 0 Å². The van der Waals surface area contributed by atoms with Crippen LogP contribution in [-0.4, -0.2) is 90.9 Å². The number of aliphatic imine (C=N–C) groups is 3. The van der Waals surface area contributed by atoms with Crippen molar-refractivity contribution in [3.8, 4) is 0 Å². The van der Waals surface area contributed by atoms with Crippen molar-refractivity contribution in [2.75, 3.05) is 45.9 Å². The number of isocyanates is 3. The molecule has 0 aromatic rings. The van der Waals surface area contributed by atoms with Crippen LogP contribution in [0.15, 0.2) is 15.0 Å². The molecule has 4 fully saturated rings. The summed E-state index contributed by atoms with van der Waals surface area (Å²) in [5.74, 6) is 2.17. The summed E-state index contributed by atoms with van der Waals surface area (Å²) in [6.07, 6.45) is 16.5. The molecule has 0 aromatic carbocycles. The third-order valence-corrected chi connectivity index (χ3v) is 9.88. The van der Waals surface area contributed by atoms with Crippen molar-refractivity contribution in [2.45, 2.75) is 77.0 Å². The third kappa shape index (κ3) is 8.93. The molecule has 3 saturated carbocycles. The highest BCUT2D eigenvalue weighted by Crippen LogP contribution is 2.34. The van der Waals surface area contributed by atoms with E-state index in [0.717, 1.165) is 77.0 Å². The largest absolute Gasteiger partial charge is 0.329 e. The van der Waals surface area contributed by atoms with Gasteiger partial charge in [-0.05, 0) is 113 Å². The van der Waals surface area contributed by atoms with Crippen LogP contribution in [0.4, 0.5) is 9.59 Å². The van der Waals surface area contributed by atoms with Gasteiger partial charge < -0.3 is 9.80 Å². The van der Waals surface area contributed by atoms with E-state index in [1.54, 1.807) is 18.2 Å². The molecule has 0 bridgehead atoms. The number of rotatable bonds is 12. The third-order valence-electron chi connectivity index (χ3n) is 9.88. The normalized spacial score (nSPS) is 30.7. The highest BCUT2D eigenvalue weighted by atomic mass is 16.2. The molecule has 4 amide bonds. The Labute approximate surface area is 242 Å². The summed E-state index contributed by atoms with van der Waals surface area (Å²) in [5, 5.41) is 0. The first kappa shape index (κ1) is 30.8. The van der Waals surface area contributed by atoms with Crippen LogP contribution in [0.1, 0.15) is 77.0 Å². The minimum atomic E-state index is -0.179. The first-order chi connectivity index (χ1) is 20.0. The van der Waals surface area contributed by atoms with Crippen molar-refractivity contribution in [3.63, 3.8) is 0 Å². The van der Waals surface area contributed by atoms with Crippen molar-refractivity contribution in [2.24, 2.45) is 50.5 Å². The summed E-state index contributed by atoms with van der Waals surface area (Å²) in [6, 6.07) is -0.357. The summed E-state index contributed by atoms with van der Waals surface area (Å²) < 4.78 is 0. The maximum Gasteiger partial charge on any atom is 0.329 e. The predicted molar refractivity (Wildman–Crippen MR) is 151 cm³/mol. The van der Waals surface area contributed by atoms with Crippen LogP contribution >= 0.6 is 0 Å². The van der Waals surface area contributed by atoms with E-state index in [4.69, 9.17) is 0 Å². The molecule has 4 rings (SSSR count). The summed E-state index contributed by atoms with van der Waals surface area (Å²) in [6.45, 7) is 3.60. The number of carbonyl (C=O) groups excluding carboxylic acids is 5. The molecule has 224 valence electrons. The minimum Gasteiger partial charge on any atom is -0.306 e. The molecule has 11 heteroatoms. The fraction of sp³-hybridized carbons (Fsp3) is 0.833. The van der Waals surface area contributed by atoms with Gasteiger partial charge in [-0.2, -0.15) is 0 Å². The van der Waals surface area contributed by atoms with Gasteiger partial charge in [-0.15, -0.1) is 0 Å². The molecule has 0 radical (unpaired) electrons. The van der Waals surface area contributed by atoms with Crippen LogP contribution < -0.4 is 0 Å². The van der Waals surface area contributed by atoms with Crippen LogP contribution in [0.2, 0.25) is 0 Å². The van der Waals surface area contributed by atoms with Crippen LogP contribution in [-0.2, 0) is 14.4 Å². The van der Waals surface area contributed by atoms with Gasteiger partial charge in [0.25, 0.3) is 0 Å². The fourth-order valence-corrected chi connectivity index (χ4v) is 7.35. The quantitative estimate of drug-likeness (QED) is 0.252. The molecule has 0 atom stereocenters. The number of hydrogen-bond donors (Lipinski definition) is 0. The molecule has 0 unspecified atom stereocenters. The van der Waals surface area contributed by atoms with Gasteiger partial charge in [0.15, 0.2) is 0 Å². The zero-order valence-corrected chi connectivity index (χ0v) is 24.1. The number of nitrogens with zero attached hydrogens (tertiary/aromatic N) is 6. The SMILES string of the molecule is O=C=NCC1CCC(CN2CN(CC3CCC(CN=C=O)CC3)C(=O)N(CC3CCC(CN=C=O)CC3)C2=O)CC1. The standard InChI is InChI=1S/C30H44N6O5/c37-19-31-13-23-1-7-26(8-2-23)16-34-22-35(17-27-9-3-24(4-10-27)14-32-20-38)30(41)36(29(34)40)18-28-11-5-25(6-12-28)15-33-21-39/h23-28H,1-18,22H2. The topological polar surface area (TPSA) is 132 Å². The van der Waals surface area contributed by atoms with Crippen LogP contribution in [0.3, 0.4) is 0 Å². The van der Waals surface area contributed by atoms with E-state index in [-0.39, 0.29) is 18.0 Å². The second-order valence-electron chi connectivity index (χ2n) is 12.7. The average molecular weight is 569 g/mol. The van der Waals surface area contributed by atoms with Crippen molar-refractivity contribution in [1.29, 1.82) is 0 Å². The monoisotopic (exact) mass is 568 g/mol. The Morgan fingerprint density at radius 1 is 0.488 bits per heavy atom. The van der Waals surface area contributed by atoms with Crippen molar-refractivity contribution in [1.82, 2.24) is 14.7 Å². The first-order valence-electron chi connectivity index (χ1n) is 15.5. The lowest BCUT2D eigenvalue weighted by Gasteiger charge is -2.45. The Morgan fingerprint density at radius 3 is 1.10 bits per heavy atom. The van der Waals surface area contributed by atoms with Gasteiger partial charge >= 0.3 is 12.1 Å². The van der Waals surface area contributed by atoms with Gasteiger partial charge in [-0.1, -0.05) is 0 Å². The summed E-state index contributed by atoms with van der Waals surface area (Å²) >= 11 is 0. The maximum absolute atomic E-state index is 13.7. The molecule has 3 aliphatic carbocycles. The van der Waals surface area contributed by atoms with Crippen molar-refractivity contribution >= 4 is 30.3 Å². The van der Waals surface area contributed by atoms with E-state index < -0.39 is 0 Å². The van der Waals surface area contributed by atoms with E-state index in [1.165, 1.54) is 4.90 Å². The van der Waals surface area contributed by atoms with Gasteiger partial charge in [-0.3, -0.25) is 0 Å². The zero-order chi connectivity index (χ0) is 29.0. The number of imide groups is 1. The lowest BCUT2D eigenvalue weighted by atomic mass is 9.81. The molecule has 0 spiro atoms. The maximum atomic E-state index is 13.7. The van der Waals surface area contributed by atoms with Gasteiger partial charge in [0.05, 0.1) is 26.3 Å². The van der Waals surface area contributed by atoms with Crippen molar-refractivity contribution < 1.29 is 24.0 Å². The Morgan fingerprint density at radius 2 is 0.780 bits per heavy atom. The molecule has 41 heavy (non-hydrogen) atoms. The Balaban J connectivity index is 1.38. The molecule has 0 N–H and O–H groups in total. The van der Waals surface area contributed by atoms with E-state index in [9.17, 15) is 24.0 Å². The molecule has 11 nitrogen and oxygen atoms in total. The predicted octanol–water partition coefficient (Wildman–Crippen LogP) is 4.53. The fourth-order valence-electron chi connectivity index (χ4n) is 7.35. The highest BCUT2D eigenvalue weighted by Gasteiger charge is 2.40. The van der Waals surface area contributed by atoms with Gasteiger partial charge in [-0.25, -0.2) is 43.8 Å². The van der Waals surface area contributed by atoms with Crippen molar-refractivity contribution in [3.05, 3.63) is 0 Å². The van der Waals surface area contributed by atoms with Gasteiger partial charge in [0.1, 0.15) is 0 Å². The number of hydrogen-bond acceptors (Lipinski definition) is 8. The minimum absolute atomic E-state index is 0.179. The lowest BCUT2D eigenvalue weighted by molar-refractivity contribution is 0.0501. The molecule has 1 heterocycles. The first-order valence-corrected chi connectivity index (χ1v) is 15.5. The summed E-state index contributed by atoms with van der Waals surface area (Å²) in [7, 11) is 0. The zero-order valence-electron chi connectivity index (χ0n) is 24.1. The molecular formula is C30H44N6O5. The van der Waals surface area contributed by atoms with Crippen LogP contribution in [0.5, 0.6) is 0 Å². The Kier molecular flexibility index (Phi) is 11.9. The second-order valence-corrected chi connectivity index (χ2v) is 12.7. The Hall–Kier alpha value is -3.12. The lowest BCUT2D eigenvalue weighted by Crippen LogP contribution is -2.63. The second kappa shape index (κ2) is 15.8. The molecule has 1 saturated heterocycles. The molecular weight excluding hydrogens is 524 g/mol. The number of urea groups is 2. The van der Waals surface area contributed by atoms with E-state index in [0.29, 0.717) is 75.5 Å². The molecule has 0 aromatic heterocycles. The van der Waals surface area contributed by atoms with E-state index in [2.05, 4.69) is 15.0 Å². The number of carbonyl (C=O) groups is 2. The van der Waals surface area contributed by atoms with E-state index in [1.807, 2.05) is 9.80 Å². The summed E-state index contributed by atoms with van der Waals surface area (Å²) in [5.41, 5.74) is 0. The molecule has 1 aliphatic heterocycles. The van der Waals surface area contributed by atoms with E-state index >= 15 is 0 Å². The van der Waals surface area contributed by atoms with Gasteiger partial charge in [0, 0.05) is 19.6 Å². The smallest absolute Gasteiger partial charge is 0.306 e.